The Hall–Kier alpha value is -3.87. The third-order valence-corrected chi connectivity index (χ3v) is 6.98. The summed E-state index contributed by atoms with van der Waals surface area (Å²) in [6.07, 6.45) is -2.12. The number of carboxylic acid groups (broad SMARTS) is 1. The van der Waals surface area contributed by atoms with Crippen molar-refractivity contribution in [2.75, 3.05) is 6.54 Å². The van der Waals surface area contributed by atoms with Gasteiger partial charge in [0, 0.05) is 13.3 Å². The van der Waals surface area contributed by atoms with Gasteiger partial charge >= 0.3 is 5.97 Å². The maximum Gasteiger partial charge on any atom is 0.303 e. The summed E-state index contributed by atoms with van der Waals surface area (Å²) < 4.78 is 0. The minimum Gasteiger partial charge on any atom is -0.481 e. The highest BCUT2D eigenvalue weighted by atomic mass is 16.4. The normalized spacial score (nSPS) is 16.3. The Morgan fingerprint density at radius 1 is 0.667 bits per heavy atom. The summed E-state index contributed by atoms with van der Waals surface area (Å²) in [5.41, 5.74) is 7.41. The summed E-state index contributed by atoms with van der Waals surface area (Å²) in [6.45, 7) is 7.24. The minimum atomic E-state index is -1.67. The number of carboxylic acids is 1. The standard InChI is InChI=1S/C27H50N8O10/c1-6-13(2)20(32-23(41)18(30-16(5)38)10-11-19(39)40)25(43)33-22(15(4)37)27(45)34-21(14(3)36)26(44)31-17(24(42)35-29)9-7-8-12-28/h13-15,17-18,20-22,36-37H,6-12,28-29H2,1-5H3,(H,30,38)(H,31,44)(H,32,41)(H,33,43)(H,34,45)(H,35,42)(H,39,40)/t13-,14+,15+,17-,18-,20-,21-,22-/m0/s1. The molecule has 0 aromatic carbocycles. The van der Waals surface area contributed by atoms with Crippen molar-refractivity contribution in [1.29, 1.82) is 0 Å². The molecule has 18 heteroatoms. The molecule has 45 heavy (non-hydrogen) atoms. The number of nitrogens with one attached hydrogen (secondary N) is 6. The molecule has 258 valence electrons. The van der Waals surface area contributed by atoms with Crippen LogP contribution in [0, 0.1) is 5.92 Å². The fourth-order valence-electron chi connectivity index (χ4n) is 4.16. The van der Waals surface area contributed by atoms with E-state index in [2.05, 4.69) is 26.6 Å². The van der Waals surface area contributed by atoms with Gasteiger partial charge in [-0.3, -0.25) is 39.0 Å². The molecule has 8 atom stereocenters. The van der Waals surface area contributed by atoms with Crippen LogP contribution < -0.4 is 43.6 Å². The van der Waals surface area contributed by atoms with E-state index in [0.717, 1.165) is 6.92 Å². The summed E-state index contributed by atoms with van der Waals surface area (Å²) in [4.78, 5) is 87.3. The maximum absolute atomic E-state index is 13.3. The van der Waals surface area contributed by atoms with E-state index in [1.165, 1.54) is 13.8 Å². The average Bonchev–Trinajstić information content (AvgIpc) is 2.96. The number of nitrogens with two attached hydrogens (primary N) is 2. The van der Waals surface area contributed by atoms with Crippen molar-refractivity contribution in [2.45, 2.75) is 116 Å². The van der Waals surface area contributed by atoms with Crippen LogP contribution in [-0.4, -0.2) is 106 Å². The van der Waals surface area contributed by atoms with Crippen LogP contribution in [0.3, 0.4) is 0 Å². The van der Waals surface area contributed by atoms with Crippen molar-refractivity contribution in [1.82, 2.24) is 32.0 Å². The van der Waals surface area contributed by atoms with E-state index in [9.17, 15) is 43.8 Å². The Bertz CT molecular complexity index is 1030. The lowest BCUT2D eigenvalue weighted by molar-refractivity contribution is -0.139. The largest absolute Gasteiger partial charge is 0.481 e. The van der Waals surface area contributed by atoms with Crippen LogP contribution in [0.4, 0.5) is 0 Å². The number of rotatable bonds is 21. The summed E-state index contributed by atoms with van der Waals surface area (Å²) in [5, 5.41) is 41.5. The van der Waals surface area contributed by atoms with Crippen LogP contribution in [0.25, 0.3) is 0 Å². The van der Waals surface area contributed by atoms with E-state index in [1.54, 1.807) is 13.8 Å². The number of hydrogen-bond donors (Lipinski definition) is 11. The predicted octanol–water partition coefficient (Wildman–Crippen LogP) is -3.78. The molecule has 0 saturated heterocycles. The number of aliphatic carboxylic acids is 1. The molecule has 0 fully saturated rings. The Labute approximate surface area is 262 Å². The molecule has 0 saturated carbocycles. The molecule has 0 radical (unpaired) electrons. The van der Waals surface area contributed by atoms with Gasteiger partial charge in [-0.15, -0.1) is 0 Å². The molecule has 18 nitrogen and oxygen atoms in total. The molecule has 0 aliphatic heterocycles. The molecule has 0 heterocycles. The van der Waals surface area contributed by atoms with E-state index >= 15 is 0 Å². The van der Waals surface area contributed by atoms with Gasteiger partial charge in [0.25, 0.3) is 5.91 Å². The molecule has 0 aromatic rings. The molecule has 13 N–H and O–H groups in total. The monoisotopic (exact) mass is 646 g/mol. The lowest BCUT2D eigenvalue weighted by Crippen LogP contribution is -2.63. The van der Waals surface area contributed by atoms with E-state index in [-0.39, 0.29) is 12.8 Å². The predicted molar refractivity (Wildman–Crippen MR) is 160 cm³/mol. The van der Waals surface area contributed by atoms with Crippen molar-refractivity contribution in [3.63, 3.8) is 0 Å². The minimum absolute atomic E-state index is 0.167. The number of aliphatic hydroxyl groups is 2. The smallest absolute Gasteiger partial charge is 0.303 e. The fourth-order valence-corrected chi connectivity index (χ4v) is 4.16. The van der Waals surface area contributed by atoms with Gasteiger partial charge in [-0.2, -0.15) is 0 Å². The van der Waals surface area contributed by atoms with Crippen molar-refractivity contribution in [2.24, 2.45) is 17.5 Å². The Morgan fingerprint density at radius 2 is 1.13 bits per heavy atom. The molecule has 0 bridgehead atoms. The molecule has 0 spiro atoms. The highest BCUT2D eigenvalue weighted by Crippen LogP contribution is 2.11. The average molecular weight is 647 g/mol. The van der Waals surface area contributed by atoms with Gasteiger partial charge in [0.1, 0.15) is 30.2 Å². The lowest BCUT2D eigenvalue weighted by atomic mass is 9.96. The van der Waals surface area contributed by atoms with E-state index < -0.39 is 96.2 Å². The van der Waals surface area contributed by atoms with E-state index in [4.69, 9.17) is 16.7 Å². The fraction of sp³-hybridized carbons (Fsp3) is 0.741. The lowest BCUT2D eigenvalue weighted by Gasteiger charge is -2.30. The van der Waals surface area contributed by atoms with Gasteiger partial charge in [-0.1, -0.05) is 20.3 Å². The van der Waals surface area contributed by atoms with Crippen LogP contribution >= 0.6 is 0 Å². The number of unbranched alkanes of at least 4 members (excludes halogenated alkanes) is 1. The first kappa shape index (κ1) is 41.1. The van der Waals surface area contributed by atoms with E-state index in [1.807, 2.05) is 5.43 Å². The van der Waals surface area contributed by atoms with Gasteiger partial charge in [0.05, 0.1) is 12.2 Å². The molecule has 0 aliphatic carbocycles. The molecule has 0 aromatic heterocycles. The number of hydrazine groups is 1. The first-order valence-electron chi connectivity index (χ1n) is 14.8. The topological polar surface area (TPSA) is 304 Å². The first-order valence-corrected chi connectivity index (χ1v) is 14.8. The molecule has 0 rings (SSSR count). The number of carbonyl (C=O) groups excluding carboxylic acids is 6. The Morgan fingerprint density at radius 3 is 1.56 bits per heavy atom. The molecular weight excluding hydrogens is 596 g/mol. The van der Waals surface area contributed by atoms with Gasteiger partial charge in [-0.05, 0) is 52.0 Å². The quantitative estimate of drug-likeness (QED) is 0.0248. The zero-order chi connectivity index (χ0) is 34.9. The van der Waals surface area contributed by atoms with Gasteiger partial charge in [-0.25, -0.2) is 5.84 Å². The van der Waals surface area contributed by atoms with Crippen LogP contribution in [0.15, 0.2) is 0 Å². The van der Waals surface area contributed by atoms with Crippen LogP contribution in [0.1, 0.15) is 73.1 Å². The summed E-state index contributed by atoms with van der Waals surface area (Å²) in [6, 6.07) is -6.93. The Balaban J connectivity index is 5.91. The van der Waals surface area contributed by atoms with Crippen LogP contribution in [0.2, 0.25) is 0 Å². The summed E-state index contributed by atoms with van der Waals surface area (Å²) in [5.74, 6) is -1.56. The van der Waals surface area contributed by atoms with Gasteiger partial charge in [0.2, 0.25) is 29.5 Å². The number of hydrogen-bond acceptors (Lipinski definition) is 11. The number of aliphatic hydroxyl groups excluding tert-OH is 2. The number of carbonyl (C=O) groups is 7. The van der Waals surface area contributed by atoms with Crippen molar-refractivity contribution in [3.8, 4) is 0 Å². The number of amides is 6. The van der Waals surface area contributed by atoms with Crippen LogP contribution in [0.5, 0.6) is 0 Å². The second-order valence-corrected chi connectivity index (χ2v) is 10.9. The van der Waals surface area contributed by atoms with Gasteiger partial charge < -0.3 is 47.6 Å². The zero-order valence-electron chi connectivity index (χ0n) is 26.4. The third-order valence-electron chi connectivity index (χ3n) is 6.98. The Kier molecular flexibility index (Phi) is 19.2. The molecule has 6 amide bonds. The zero-order valence-corrected chi connectivity index (χ0v) is 26.4. The van der Waals surface area contributed by atoms with Crippen molar-refractivity contribution in [3.05, 3.63) is 0 Å². The molecular formula is C27H50N8O10. The van der Waals surface area contributed by atoms with Crippen molar-refractivity contribution >= 4 is 41.4 Å². The first-order chi connectivity index (χ1) is 21.0. The highest BCUT2D eigenvalue weighted by Gasteiger charge is 2.36. The van der Waals surface area contributed by atoms with Crippen LogP contribution in [-0.2, 0) is 33.6 Å². The molecule has 0 aliphatic rings. The highest BCUT2D eigenvalue weighted by molar-refractivity contribution is 5.96. The maximum atomic E-state index is 13.3. The van der Waals surface area contributed by atoms with Gasteiger partial charge in [0.15, 0.2) is 0 Å². The van der Waals surface area contributed by atoms with E-state index in [0.29, 0.717) is 25.8 Å². The second kappa shape index (κ2) is 21.0. The SMILES string of the molecule is CC[C@H](C)[C@H](NC(=O)[C@H](CCC(=O)O)NC(C)=O)C(=O)N[C@H](C(=O)N[C@H](C(=O)N[C@@H](CCCCN)C(=O)NN)[C@@H](C)O)[C@@H](C)O. The van der Waals surface area contributed by atoms with Crippen molar-refractivity contribution < 1.29 is 48.9 Å². The summed E-state index contributed by atoms with van der Waals surface area (Å²) >= 11 is 0. The summed E-state index contributed by atoms with van der Waals surface area (Å²) in [7, 11) is 0. The molecule has 0 unspecified atom stereocenters. The second-order valence-electron chi connectivity index (χ2n) is 10.9. The third kappa shape index (κ3) is 15.1.